The first-order valence-corrected chi connectivity index (χ1v) is 9.91. The molecule has 2 aromatic carbocycles. The lowest BCUT2D eigenvalue weighted by Gasteiger charge is -2.34. The van der Waals surface area contributed by atoms with Gasteiger partial charge >= 0.3 is 0 Å². The average molecular weight is 382 g/mol. The molecule has 1 N–H and O–H groups in total. The monoisotopic (exact) mass is 381 g/mol. The number of hydrogen-bond donors (Lipinski definition) is 1. The van der Waals surface area contributed by atoms with Crippen molar-refractivity contribution in [1.82, 2.24) is 18.5 Å². The zero-order chi connectivity index (χ0) is 18.6. The number of carbonyl (C=O) groups is 1. The molecule has 140 valence electrons. The van der Waals surface area contributed by atoms with Crippen LogP contribution >= 0.6 is 11.7 Å². The van der Waals surface area contributed by atoms with Crippen LogP contribution in [0.3, 0.4) is 0 Å². The third-order valence-corrected chi connectivity index (χ3v) is 5.45. The number of anilines is 1. The van der Waals surface area contributed by atoms with Crippen molar-refractivity contribution in [2.75, 3.05) is 38.0 Å². The molecule has 0 aliphatic carbocycles. The van der Waals surface area contributed by atoms with Crippen LogP contribution in [0.2, 0.25) is 0 Å². The predicted octanol–water partition coefficient (Wildman–Crippen LogP) is 2.76. The number of hydrogen-bond acceptors (Lipinski definition) is 6. The Morgan fingerprint density at radius 2 is 1.70 bits per heavy atom. The van der Waals surface area contributed by atoms with E-state index in [2.05, 4.69) is 55.1 Å². The van der Waals surface area contributed by atoms with Crippen molar-refractivity contribution in [2.24, 2.45) is 0 Å². The van der Waals surface area contributed by atoms with Gasteiger partial charge in [-0.2, -0.15) is 8.75 Å². The van der Waals surface area contributed by atoms with Crippen LogP contribution in [0.15, 0.2) is 42.5 Å². The summed E-state index contributed by atoms with van der Waals surface area (Å²) in [4.78, 5) is 17.0. The molecule has 1 aliphatic heterocycles. The Morgan fingerprint density at radius 1 is 1.00 bits per heavy atom. The van der Waals surface area contributed by atoms with E-state index in [1.165, 1.54) is 22.9 Å². The van der Waals surface area contributed by atoms with Gasteiger partial charge in [0.05, 0.1) is 18.3 Å². The third kappa shape index (κ3) is 4.68. The maximum Gasteiger partial charge on any atom is 0.238 e. The zero-order valence-electron chi connectivity index (χ0n) is 15.4. The van der Waals surface area contributed by atoms with Crippen molar-refractivity contribution >= 4 is 34.4 Å². The average Bonchev–Trinajstić information content (AvgIpc) is 3.13. The first kappa shape index (κ1) is 18.0. The molecule has 1 amide bonds. The van der Waals surface area contributed by atoms with Gasteiger partial charge in [-0.05, 0) is 30.7 Å². The van der Waals surface area contributed by atoms with Crippen LogP contribution < -0.4 is 5.32 Å². The van der Waals surface area contributed by atoms with Crippen LogP contribution in [-0.2, 0) is 11.3 Å². The Bertz CT molecular complexity index is 916. The molecule has 1 fully saturated rings. The van der Waals surface area contributed by atoms with Crippen LogP contribution in [0.25, 0.3) is 11.0 Å². The van der Waals surface area contributed by atoms with Crippen molar-refractivity contribution < 1.29 is 4.79 Å². The Hall–Kier alpha value is -2.35. The molecule has 4 rings (SSSR count). The van der Waals surface area contributed by atoms with Crippen molar-refractivity contribution in [1.29, 1.82) is 0 Å². The molecule has 6 nitrogen and oxygen atoms in total. The number of amides is 1. The fourth-order valence-corrected chi connectivity index (χ4v) is 3.84. The second kappa shape index (κ2) is 8.12. The molecule has 1 aliphatic rings. The summed E-state index contributed by atoms with van der Waals surface area (Å²) in [6.07, 6.45) is 0. The summed E-state index contributed by atoms with van der Waals surface area (Å²) >= 11 is 1.18. The zero-order valence-corrected chi connectivity index (χ0v) is 16.2. The molecule has 0 radical (unpaired) electrons. The van der Waals surface area contributed by atoms with Gasteiger partial charge in [0.1, 0.15) is 11.0 Å². The number of fused-ring (bicyclic) bond motifs is 1. The summed E-state index contributed by atoms with van der Waals surface area (Å²) in [6.45, 7) is 7.30. The van der Waals surface area contributed by atoms with Crippen LogP contribution in [0.4, 0.5) is 5.69 Å². The number of aromatic nitrogens is 2. The van der Waals surface area contributed by atoms with Crippen LogP contribution in [0, 0.1) is 6.92 Å². The highest BCUT2D eigenvalue weighted by molar-refractivity contribution is 7.00. The molecule has 2 heterocycles. The van der Waals surface area contributed by atoms with Gasteiger partial charge in [0.25, 0.3) is 0 Å². The first-order valence-electron chi connectivity index (χ1n) is 9.18. The van der Waals surface area contributed by atoms with E-state index in [-0.39, 0.29) is 5.91 Å². The van der Waals surface area contributed by atoms with Gasteiger partial charge in [0, 0.05) is 38.4 Å². The number of carbonyl (C=O) groups excluding carboxylic acids is 1. The summed E-state index contributed by atoms with van der Waals surface area (Å²) in [5.41, 5.74) is 5.10. The lowest BCUT2D eigenvalue weighted by molar-refractivity contribution is -0.117. The third-order valence-electron chi connectivity index (χ3n) is 4.90. The predicted molar refractivity (Wildman–Crippen MR) is 109 cm³/mol. The largest absolute Gasteiger partial charge is 0.325 e. The van der Waals surface area contributed by atoms with E-state index in [1.807, 2.05) is 18.2 Å². The molecule has 0 bridgehead atoms. The van der Waals surface area contributed by atoms with Crippen molar-refractivity contribution in [3.63, 3.8) is 0 Å². The maximum atomic E-state index is 12.4. The smallest absolute Gasteiger partial charge is 0.238 e. The number of rotatable bonds is 5. The van der Waals surface area contributed by atoms with Crippen LogP contribution in [0.1, 0.15) is 11.1 Å². The lowest BCUT2D eigenvalue weighted by Crippen LogP contribution is -2.48. The number of aryl methyl sites for hydroxylation is 1. The minimum atomic E-state index is 0.0181. The standard InChI is InChI=1S/C20H23N5OS/c1-15-2-4-16(5-3-15)13-24-8-10-25(11-9-24)14-20(26)21-17-6-7-18-19(12-17)23-27-22-18/h2-7,12H,8-11,13-14H2,1H3,(H,21,26). The van der Waals surface area contributed by atoms with Crippen LogP contribution in [0.5, 0.6) is 0 Å². The summed E-state index contributed by atoms with van der Waals surface area (Å²) in [5, 5.41) is 2.97. The molecule has 0 spiro atoms. The van der Waals surface area contributed by atoms with Crippen molar-refractivity contribution in [3.8, 4) is 0 Å². The van der Waals surface area contributed by atoms with Crippen LogP contribution in [-0.4, -0.2) is 57.2 Å². The number of piperazine rings is 1. The van der Waals surface area contributed by atoms with E-state index < -0.39 is 0 Å². The quantitative estimate of drug-likeness (QED) is 0.736. The fraction of sp³-hybridized carbons (Fsp3) is 0.350. The van der Waals surface area contributed by atoms with E-state index in [1.54, 1.807) is 0 Å². The molecule has 27 heavy (non-hydrogen) atoms. The summed E-state index contributed by atoms with van der Waals surface area (Å²) < 4.78 is 8.39. The second-order valence-electron chi connectivity index (χ2n) is 7.05. The highest BCUT2D eigenvalue weighted by atomic mass is 32.1. The van der Waals surface area contributed by atoms with E-state index in [9.17, 15) is 4.79 Å². The van der Waals surface area contributed by atoms with Gasteiger partial charge in [0.15, 0.2) is 0 Å². The first-order chi connectivity index (χ1) is 13.2. The van der Waals surface area contributed by atoms with E-state index >= 15 is 0 Å². The molecule has 0 unspecified atom stereocenters. The maximum absolute atomic E-state index is 12.4. The number of nitrogens with zero attached hydrogens (tertiary/aromatic N) is 4. The van der Waals surface area contributed by atoms with Gasteiger partial charge < -0.3 is 5.32 Å². The van der Waals surface area contributed by atoms with Crippen molar-refractivity contribution in [3.05, 3.63) is 53.6 Å². The Morgan fingerprint density at radius 3 is 2.48 bits per heavy atom. The topological polar surface area (TPSA) is 61.4 Å². The molecular weight excluding hydrogens is 358 g/mol. The van der Waals surface area contributed by atoms with Gasteiger partial charge in [-0.3, -0.25) is 14.6 Å². The van der Waals surface area contributed by atoms with E-state index in [0.717, 1.165) is 49.4 Å². The number of benzene rings is 2. The van der Waals surface area contributed by atoms with Gasteiger partial charge in [-0.1, -0.05) is 29.8 Å². The fourth-order valence-electron chi connectivity index (χ4n) is 3.32. The summed E-state index contributed by atoms with van der Waals surface area (Å²) in [6, 6.07) is 14.4. The lowest BCUT2D eigenvalue weighted by atomic mass is 10.1. The summed E-state index contributed by atoms with van der Waals surface area (Å²) in [5.74, 6) is 0.0181. The van der Waals surface area contributed by atoms with Gasteiger partial charge in [-0.25, -0.2) is 0 Å². The van der Waals surface area contributed by atoms with E-state index in [4.69, 9.17) is 0 Å². The molecule has 1 saturated heterocycles. The molecule has 1 aromatic heterocycles. The SMILES string of the molecule is Cc1ccc(CN2CCN(CC(=O)Nc3ccc4nsnc4c3)CC2)cc1. The normalized spacial score (nSPS) is 15.9. The molecule has 0 atom stereocenters. The second-order valence-corrected chi connectivity index (χ2v) is 7.58. The summed E-state index contributed by atoms with van der Waals surface area (Å²) in [7, 11) is 0. The highest BCUT2D eigenvalue weighted by Gasteiger charge is 2.19. The molecule has 7 heteroatoms. The molecule has 0 saturated carbocycles. The Kier molecular flexibility index (Phi) is 5.42. The minimum Gasteiger partial charge on any atom is -0.325 e. The molecular formula is C20H23N5OS. The van der Waals surface area contributed by atoms with Crippen molar-refractivity contribution in [2.45, 2.75) is 13.5 Å². The minimum absolute atomic E-state index is 0.0181. The van der Waals surface area contributed by atoms with Gasteiger partial charge in [0.2, 0.25) is 5.91 Å². The number of nitrogens with one attached hydrogen (secondary N) is 1. The Balaban J connectivity index is 1.24. The van der Waals surface area contributed by atoms with Gasteiger partial charge in [-0.15, -0.1) is 0 Å². The Labute approximate surface area is 163 Å². The molecule has 3 aromatic rings. The van der Waals surface area contributed by atoms with E-state index in [0.29, 0.717) is 6.54 Å². The highest BCUT2D eigenvalue weighted by Crippen LogP contribution is 2.17.